The summed E-state index contributed by atoms with van der Waals surface area (Å²) < 4.78 is 41.7. The van der Waals surface area contributed by atoms with E-state index in [0.717, 1.165) is 17.4 Å². The Morgan fingerprint density at radius 3 is 1.76 bits per heavy atom. The van der Waals surface area contributed by atoms with Crippen molar-refractivity contribution in [1.29, 1.82) is 0 Å². The SMILES string of the molecule is Cc1ccc(Oc2ccc(C(CNC(C)(C)C)OS(C)(=O)=O)cc2Oc2ccc(C)cc2)cc1. The molecule has 6 nitrogen and oxygen atoms in total. The lowest BCUT2D eigenvalue weighted by atomic mass is 10.1. The molecule has 7 heteroatoms. The first-order valence-corrected chi connectivity index (χ1v) is 13.0. The van der Waals surface area contributed by atoms with Crippen LogP contribution in [-0.4, -0.2) is 26.8 Å². The normalized spacial score (nSPS) is 12.9. The van der Waals surface area contributed by atoms with E-state index < -0.39 is 16.2 Å². The molecule has 3 aromatic rings. The zero-order valence-corrected chi connectivity index (χ0v) is 21.4. The Morgan fingerprint density at radius 1 is 0.794 bits per heavy atom. The summed E-state index contributed by atoms with van der Waals surface area (Å²) in [5, 5.41) is 3.32. The first kappa shape index (κ1) is 25.7. The summed E-state index contributed by atoms with van der Waals surface area (Å²) in [6.45, 7) is 10.3. The van der Waals surface area contributed by atoms with E-state index in [-0.39, 0.29) is 5.54 Å². The van der Waals surface area contributed by atoms with Crippen molar-refractivity contribution in [1.82, 2.24) is 5.32 Å². The van der Waals surface area contributed by atoms with Gasteiger partial charge < -0.3 is 14.8 Å². The topological polar surface area (TPSA) is 73.9 Å². The summed E-state index contributed by atoms with van der Waals surface area (Å²) in [7, 11) is -3.69. The summed E-state index contributed by atoms with van der Waals surface area (Å²) in [4.78, 5) is 0. The second-order valence-electron chi connectivity index (χ2n) is 9.46. The highest BCUT2D eigenvalue weighted by atomic mass is 32.2. The Kier molecular flexibility index (Phi) is 8.02. The number of rotatable bonds is 9. The minimum atomic E-state index is -3.69. The largest absolute Gasteiger partial charge is 0.453 e. The molecule has 3 rings (SSSR count). The van der Waals surface area contributed by atoms with E-state index in [9.17, 15) is 8.42 Å². The minimum Gasteiger partial charge on any atom is -0.453 e. The Bertz CT molecular complexity index is 1200. The van der Waals surface area contributed by atoms with Crippen LogP contribution in [0.4, 0.5) is 0 Å². The number of hydrogen-bond acceptors (Lipinski definition) is 6. The third kappa shape index (κ3) is 8.17. The van der Waals surface area contributed by atoms with Gasteiger partial charge in [-0.25, -0.2) is 0 Å². The van der Waals surface area contributed by atoms with Crippen LogP contribution in [0, 0.1) is 13.8 Å². The second kappa shape index (κ2) is 10.6. The zero-order chi connectivity index (χ0) is 24.9. The van der Waals surface area contributed by atoms with Crippen LogP contribution in [0.2, 0.25) is 0 Å². The number of nitrogens with one attached hydrogen (secondary N) is 1. The molecular weight excluding hydrogens is 450 g/mol. The molecule has 0 bridgehead atoms. The van der Waals surface area contributed by atoms with Gasteiger partial charge in [-0.15, -0.1) is 0 Å². The summed E-state index contributed by atoms with van der Waals surface area (Å²) in [6, 6.07) is 20.7. The first-order chi connectivity index (χ1) is 15.9. The maximum atomic E-state index is 12.0. The van der Waals surface area contributed by atoms with Crippen LogP contribution in [0.3, 0.4) is 0 Å². The van der Waals surface area contributed by atoms with Gasteiger partial charge in [-0.05, 0) is 76.6 Å². The van der Waals surface area contributed by atoms with Gasteiger partial charge in [-0.2, -0.15) is 8.42 Å². The summed E-state index contributed by atoms with van der Waals surface area (Å²) in [5.41, 5.74) is 2.69. The number of hydrogen-bond donors (Lipinski definition) is 1. The van der Waals surface area contributed by atoms with Crippen molar-refractivity contribution in [3.05, 3.63) is 83.4 Å². The maximum absolute atomic E-state index is 12.0. The van der Waals surface area contributed by atoms with E-state index >= 15 is 0 Å². The highest BCUT2D eigenvalue weighted by Crippen LogP contribution is 2.38. The molecule has 0 aromatic heterocycles. The average molecular weight is 484 g/mol. The van der Waals surface area contributed by atoms with E-state index in [4.69, 9.17) is 13.7 Å². The van der Waals surface area contributed by atoms with Gasteiger partial charge in [0.1, 0.15) is 17.6 Å². The van der Waals surface area contributed by atoms with Gasteiger partial charge in [0.05, 0.1) is 6.26 Å². The Labute approximate surface area is 203 Å². The van der Waals surface area contributed by atoms with E-state index in [0.29, 0.717) is 35.1 Å². The lowest BCUT2D eigenvalue weighted by Crippen LogP contribution is -2.39. The summed E-state index contributed by atoms with van der Waals surface area (Å²) in [5.74, 6) is 2.28. The first-order valence-electron chi connectivity index (χ1n) is 11.1. The fourth-order valence-corrected chi connectivity index (χ4v) is 3.77. The Hall–Kier alpha value is -2.87. The third-order valence-electron chi connectivity index (χ3n) is 4.95. The summed E-state index contributed by atoms with van der Waals surface area (Å²) in [6.07, 6.45) is 0.318. The summed E-state index contributed by atoms with van der Waals surface area (Å²) >= 11 is 0. The van der Waals surface area contributed by atoms with E-state index in [1.54, 1.807) is 18.2 Å². The van der Waals surface area contributed by atoms with Crippen molar-refractivity contribution >= 4 is 10.1 Å². The Balaban J connectivity index is 1.99. The molecule has 0 saturated heterocycles. The third-order valence-corrected chi connectivity index (χ3v) is 5.53. The lowest BCUT2D eigenvalue weighted by molar-refractivity contribution is 0.197. The van der Waals surface area contributed by atoms with Gasteiger partial charge in [-0.1, -0.05) is 41.5 Å². The molecule has 1 unspecified atom stereocenters. The molecule has 0 amide bonds. The van der Waals surface area contributed by atoms with Gasteiger partial charge in [0, 0.05) is 12.1 Å². The van der Waals surface area contributed by atoms with Crippen LogP contribution in [0.25, 0.3) is 0 Å². The maximum Gasteiger partial charge on any atom is 0.265 e. The van der Waals surface area contributed by atoms with Crippen molar-refractivity contribution in [2.75, 3.05) is 12.8 Å². The van der Waals surface area contributed by atoms with Crippen LogP contribution in [-0.2, 0) is 14.3 Å². The van der Waals surface area contributed by atoms with Gasteiger partial charge in [0.25, 0.3) is 10.1 Å². The molecule has 1 atom stereocenters. The second-order valence-corrected chi connectivity index (χ2v) is 11.1. The molecule has 0 spiro atoms. The van der Waals surface area contributed by atoms with Crippen molar-refractivity contribution < 1.29 is 22.1 Å². The van der Waals surface area contributed by atoms with Crippen LogP contribution in [0.1, 0.15) is 43.6 Å². The predicted molar refractivity (Wildman–Crippen MR) is 135 cm³/mol. The monoisotopic (exact) mass is 483 g/mol. The van der Waals surface area contributed by atoms with E-state index in [2.05, 4.69) is 5.32 Å². The fourth-order valence-electron chi connectivity index (χ4n) is 3.17. The molecule has 0 aliphatic carbocycles. The molecule has 0 aliphatic rings. The number of ether oxygens (including phenoxy) is 2. The molecule has 34 heavy (non-hydrogen) atoms. The van der Waals surface area contributed by atoms with Gasteiger partial charge in [0.2, 0.25) is 0 Å². The van der Waals surface area contributed by atoms with Gasteiger partial charge >= 0.3 is 0 Å². The number of aryl methyl sites for hydroxylation is 2. The predicted octanol–water partition coefficient (Wildman–Crippen LogP) is 6.29. The Morgan fingerprint density at radius 2 is 1.29 bits per heavy atom. The highest BCUT2D eigenvalue weighted by Gasteiger charge is 2.22. The lowest BCUT2D eigenvalue weighted by Gasteiger charge is -2.25. The molecule has 0 heterocycles. The molecule has 0 saturated carbocycles. The molecule has 0 fully saturated rings. The molecule has 1 N–H and O–H groups in total. The highest BCUT2D eigenvalue weighted by molar-refractivity contribution is 7.86. The van der Waals surface area contributed by atoms with Crippen LogP contribution >= 0.6 is 0 Å². The average Bonchev–Trinajstić information content (AvgIpc) is 2.74. The van der Waals surface area contributed by atoms with Crippen LogP contribution in [0.15, 0.2) is 66.7 Å². The zero-order valence-electron chi connectivity index (χ0n) is 20.6. The van der Waals surface area contributed by atoms with Crippen molar-refractivity contribution in [3.8, 4) is 23.0 Å². The van der Waals surface area contributed by atoms with E-state index in [1.807, 2.05) is 83.1 Å². The molecule has 0 aliphatic heterocycles. The van der Waals surface area contributed by atoms with Gasteiger partial charge in [0.15, 0.2) is 11.5 Å². The molecular formula is C27H33NO5S. The quantitative estimate of drug-likeness (QED) is 0.360. The van der Waals surface area contributed by atoms with Crippen molar-refractivity contribution in [2.45, 2.75) is 46.3 Å². The van der Waals surface area contributed by atoms with E-state index in [1.165, 1.54) is 0 Å². The smallest absolute Gasteiger partial charge is 0.265 e. The number of benzene rings is 3. The minimum absolute atomic E-state index is 0.213. The molecule has 182 valence electrons. The van der Waals surface area contributed by atoms with Crippen LogP contribution < -0.4 is 14.8 Å². The van der Waals surface area contributed by atoms with Crippen molar-refractivity contribution in [2.24, 2.45) is 0 Å². The van der Waals surface area contributed by atoms with Crippen LogP contribution in [0.5, 0.6) is 23.0 Å². The van der Waals surface area contributed by atoms with Gasteiger partial charge in [-0.3, -0.25) is 4.18 Å². The van der Waals surface area contributed by atoms with Crippen molar-refractivity contribution in [3.63, 3.8) is 0 Å². The molecule has 0 radical (unpaired) electrons. The fraction of sp³-hybridized carbons (Fsp3) is 0.333. The molecule has 3 aromatic carbocycles. The standard InChI is InChI=1S/C27H33NO5S/c1-19-7-12-22(13-8-19)31-24-16-11-21(17-25(24)32-23-14-9-20(2)10-15-23)26(33-34(6,29)30)18-28-27(3,4)5/h7-17,26,28H,18H2,1-6H3.